The molecule has 0 saturated carbocycles. The van der Waals surface area contributed by atoms with Crippen LogP contribution in [0.15, 0.2) is 24.3 Å². The van der Waals surface area contributed by atoms with E-state index in [1.165, 1.54) is 0 Å². The number of hydrogen-bond donors (Lipinski definition) is 2. The quantitative estimate of drug-likeness (QED) is 0.855. The van der Waals surface area contributed by atoms with E-state index in [9.17, 15) is 4.79 Å². The van der Waals surface area contributed by atoms with Gasteiger partial charge < -0.3 is 15.8 Å². The van der Waals surface area contributed by atoms with Crippen LogP contribution < -0.4 is 11.1 Å². The highest BCUT2D eigenvalue weighted by molar-refractivity contribution is 5.95. The number of rotatable bonds is 3. The van der Waals surface area contributed by atoms with Crippen LogP contribution in [0.4, 0.5) is 5.69 Å². The summed E-state index contributed by atoms with van der Waals surface area (Å²) in [4.78, 5) is 12.4. The van der Waals surface area contributed by atoms with E-state index in [4.69, 9.17) is 10.5 Å². The van der Waals surface area contributed by atoms with E-state index in [1.807, 2.05) is 31.2 Å². The zero-order valence-electron chi connectivity index (χ0n) is 10.7. The third kappa shape index (κ3) is 2.71. The van der Waals surface area contributed by atoms with Gasteiger partial charge in [0.1, 0.15) is 0 Å². The number of benzene rings is 1. The number of carbonyl (C=O) groups excluding carboxylic acids is 1. The smallest absolute Gasteiger partial charge is 0.232 e. The van der Waals surface area contributed by atoms with Crippen LogP contribution >= 0.6 is 0 Å². The molecule has 0 radical (unpaired) electrons. The predicted molar refractivity (Wildman–Crippen MR) is 71.3 cm³/mol. The lowest BCUT2D eigenvalue weighted by atomic mass is 9.79. The number of hydrogen-bond acceptors (Lipinski definition) is 3. The minimum absolute atomic E-state index is 0.0129. The molecule has 0 spiro atoms. The average molecular weight is 248 g/mol. The van der Waals surface area contributed by atoms with Crippen LogP contribution in [0.3, 0.4) is 0 Å². The number of anilines is 1. The summed E-state index contributed by atoms with van der Waals surface area (Å²) in [6, 6.07) is 7.79. The van der Waals surface area contributed by atoms with Gasteiger partial charge in [0.2, 0.25) is 5.91 Å². The maximum Gasteiger partial charge on any atom is 0.232 e. The molecule has 1 aliphatic heterocycles. The maximum absolute atomic E-state index is 12.4. The summed E-state index contributed by atoms with van der Waals surface area (Å²) in [5.74, 6) is 0.0129. The number of ether oxygens (including phenoxy) is 1. The minimum Gasteiger partial charge on any atom is -0.381 e. The van der Waals surface area contributed by atoms with Gasteiger partial charge in [0, 0.05) is 25.4 Å². The minimum atomic E-state index is -0.470. The van der Waals surface area contributed by atoms with Crippen LogP contribution in [-0.4, -0.2) is 25.7 Å². The van der Waals surface area contributed by atoms with Crippen molar-refractivity contribution in [3.8, 4) is 0 Å². The fourth-order valence-electron chi connectivity index (χ4n) is 2.27. The summed E-state index contributed by atoms with van der Waals surface area (Å²) in [5, 5.41) is 2.97. The Hall–Kier alpha value is -1.39. The van der Waals surface area contributed by atoms with E-state index in [-0.39, 0.29) is 5.91 Å². The Kier molecular flexibility index (Phi) is 3.99. The molecule has 1 fully saturated rings. The Morgan fingerprint density at radius 2 is 2.17 bits per heavy atom. The van der Waals surface area contributed by atoms with Crippen LogP contribution in [0.1, 0.15) is 18.4 Å². The Morgan fingerprint density at radius 1 is 1.44 bits per heavy atom. The first-order valence-electron chi connectivity index (χ1n) is 6.32. The van der Waals surface area contributed by atoms with Crippen molar-refractivity contribution in [2.45, 2.75) is 19.8 Å². The second kappa shape index (κ2) is 5.50. The van der Waals surface area contributed by atoms with Gasteiger partial charge in [-0.25, -0.2) is 0 Å². The normalized spacial score (nSPS) is 18.3. The van der Waals surface area contributed by atoms with Crippen molar-refractivity contribution < 1.29 is 9.53 Å². The van der Waals surface area contributed by atoms with Gasteiger partial charge in [0.25, 0.3) is 0 Å². The van der Waals surface area contributed by atoms with Crippen LogP contribution in [0.2, 0.25) is 0 Å². The number of carbonyl (C=O) groups is 1. The zero-order chi connectivity index (χ0) is 13.0. The van der Waals surface area contributed by atoms with Crippen molar-refractivity contribution in [2.24, 2.45) is 11.1 Å². The SMILES string of the molecule is Cc1cccc(NC(=O)C2(CN)CCOCC2)c1. The summed E-state index contributed by atoms with van der Waals surface area (Å²) >= 11 is 0. The zero-order valence-corrected chi connectivity index (χ0v) is 10.7. The Balaban J connectivity index is 2.10. The fraction of sp³-hybridized carbons (Fsp3) is 0.500. The molecule has 3 N–H and O–H groups in total. The van der Waals surface area contributed by atoms with Crippen molar-refractivity contribution in [1.82, 2.24) is 0 Å². The first-order chi connectivity index (χ1) is 8.66. The van der Waals surface area contributed by atoms with E-state index in [0.717, 1.165) is 11.3 Å². The molecule has 2 rings (SSSR count). The van der Waals surface area contributed by atoms with Crippen molar-refractivity contribution >= 4 is 11.6 Å². The number of aryl methyl sites for hydroxylation is 1. The van der Waals surface area contributed by atoms with Gasteiger partial charge in [-0.3, -0.25) is 4.79 Å². The molecule has 1 saturated heterocycles. The Labute approximate surface area is 108 Å². The number of amides is 1. The van der Waals surface area contributed by atoms with Gasteiger partial charge >= 0.3 is 0 Å². The monoisotopic (exact) mass is 248 g/mol. The molecule has 1 aliphatic rings. The van der Waals surface area contributed by atoms with Crippen LogP contribution in [0.5, 0.6) is 0 Å². The Bertz CT molecular complexity index is 426. The topological polar surface area (TPSA) is 64.4 Å². The van der Waals surface area contributed by atoms with Crippen molar-refractivity contribution in [3.63, 3.8) is 0 Å². The molecular weight excluding hydrogens is 228 g/mol. The number of nitrogens with two attached hydrogens (primary N) is 1. The molecule has 0 aliphatic carbocycles. The fourth-order valence-corrected chi connectivity index (χ4v) is 2.27. The van der Waals surface area contributed by atoms with Crippen molar-refractivity contribution in [3.05, 3.63) is 29.8 Å². The molecule has 0 unspecified atom stereocenters. The molecule has 1 aromatic rings. The third-order valence-corrected chi connectivity index (χ3v) is 3.60. The van der Waals surface area contributed by atoms with Gasteiger partial charge in [-0.05, 0) is 37.5 Å². The van der Waals surface area contributed by atoms with Crippen LogP contribution in [-0.2, 0) is 9.53 Å². The maximum atomic E-state index is 12.4. The van der Waals surface area contributed by atoms with Crippen LogP contribution in [0.25, 0.3) is 0 Å². The lowest BCUT2D eigenvalue weighted by molar-refractivity contribution is -0.130. The highest BCUT2D eigenvalue weighted by atomic mass is 16.5. The molecule has 0 atom stereocenters. The molecule has 1 amide bonds. The Morgan fingerprint density at radius 3 is 2.78 bits per heavy atom. The molecule has 4 nitrogen and oxygen atoms in total. The molecular formula is C14H20N2O2. The van der Waals surface area contributed by atoms with Crippen LogP contribution in [0, 0.1) is 12.3 Å². The van der Waals surface area contributed by atoms with Gasteiger partial charge in [0.05, 0.1) is 5.41 Å². The van der Waals surface area contributed by atoms with E-state index < -0.39 is 5.41 Å². The van der Waals surface area contributed by atoms with Gasteiger partial charge in [0.15, 0.2) is 0 Å². The molecule has 98 valence electrons. The standard InChI is InChI=1S/C14H20N2O2/c1-11-3-2-4-12(9-11)16-13(17)14(10-15)5-7-18-8-6-14/h2-4,9H,5-8,10,15H2,1H3,(H,16,17). The highest BCUT2D eigenvalue weighted by Gasteiger charge is 2.38. The van der Waals surface area contributed by atoms with Gasteiger partial charge in [-0.15, -0.1) is 0 Å². The van der Waals surface area contributed by atoms with Crippen molar-refractivity contribution in [1.29, 1.82) is 0 Å². The molecule has 1 aromatic carbocycles. The highest BCUT2D eigenvalue weighted by Crippen LogP contribution is 2.30. The van der Waals surface area contributed by atoms with E-state index in [1.54, 1.807) is 0 Å². The summed E-state index contributed by atoms with van der Waals surface area (Å²) in [7, 11) is 0. The average Bonchev–Trinajstić information content (AvgIpc) is 2.39. The summed E-state index contributed by atoms with van der Waals surface area (Å²) in [6.45, 7) is 3.59. The van der Waals surface area contributed by atoms with Gasteiger partial charge in [-0.2, -0.15) is 0 Å². The first-order valence-corrected chi connectivity index (χ1v) is 6.32. The number of nitrogens with one attached hydrogen (secondary N) is 1. The molecule has 1 heterocycles. The summed E-state index contributed by atoms with van der Waals surface area (Å²) in [5.41, 5.74) is 7.30. The van der Waals surface area contributed by atoms with Gasteiger partial charge in [-0.1, -0.05) is 12.1 Å². The lowest BCUT2D eigenvalue weighted by Gasteiger charge is -2.34. The third-order valence-electron chi connectivity index (χ3n) is 3.60. The summed E-state index contributed by atoms with van der Waals surface area (Å²) < 4.78 is 5.31. The molecule has 4 heteroatoms. The first kappa shape index (κ1) is 13.1. The summed E-state index contributed by atoms with van der Waals surface area (Å²) in [6.07, 6.45) is 1.39. The lowest BCUT2D eigenvalue weighted by Crippen LogP contribution is -2.46. The predicted octanol–water partition coefficient (Wildman–Crippen LogP) is 1.69. The molecule has 0 bridgehead atoms. The molecule has 18 heavy (non-hydrogen) atoms. The second-order valence-electron chi connectivity index (χ2n) is 4.92. The second-order valence-corrected chi connectivity index (χ2v) is 4.92. The largest absolute Gasteiger partial charge is 0.381 e. The molecule has 0 aromatic heterocycles. The van der Waals surface area contributed by atoms with Crippen molar-refractivity contribution in [2.75, 3.05) is 25.1 Å². The van der Waals surface area contributed by atoms with E-state index in [0.29, 0.717) is 32.6 Å². The van der Waals surface area contributed by atoms with E-state index in [2.05, 4.69) is 5.32 Å². The van der Waals surface area contributed by atoms with E-state index >= 15 is 0 Å².